The largest absolute Gasteiger partial charge is 0.350 e. The molecule has 2 N–H and O–H groups in total. The van der Waals surface area contributed by atoms with E-state index in [2.05, 4.69) is 20.8 Å². The third kappa shape index (κ3) is 5.07. The summed E-state index contributed by atoms with van der Waals surface area (Å²) in [5.41, 5.74) is 0.773. The first kappa shape index (κ1) is 11.6. The summed E-state index contributed by atoms with van der Waals surface area (Å²) in [5, 5.41) is 13.5. The van der Waals surface area contributed by atoms with E-state index in [4.69, 9.17) is 0 Å². The van der Waals surface area contributed by atoms with Crippen molar-refractivity contribution in [3.63, 3.8) is 0 Å². The molecule has 0 aliphatic heterocycles. The molecule has 0 spiro atoms. The Hall–Kier alpha value is -1.49. The Morgan fingerprint density at radius 3 is 3.07 bits per heavy atom. The number of hydrogen-bond acceptors (Lipinski definition) is 4. The van der Waals surface area contributed by atoms with Crippen molar-refractivity contribution in [2.75, 3.05) is 13.1 Å². The number of aromatic nitrogens is 2. The van der Waals surface area contributed by atoms with E-state index in [0.717, 1.165) is 12.2 Å². The van der Waals surface area contributed by atoms with E-state index in [1.54, 1.807) is 12.3 Å². The van der Waals surface area contributed by atoms with Crippen molar-refractivity contribution >= 4 is 5.91 Å². The Balaban J connectivity index is 2.17. The first-order valence-electron chi connectivity index (χ1n) is 5.07. The van der Waals surface area contributed by atoms with Gasteiger partial charge >= 0.3 is 0 Å². The zero-order valence-electron chi connectivity index (χ0n) is 8.86. The van der Waals surface area contributed by atoms with Crippen LogP contribution in [0.15, 0.2) is 18.3 Å². The topological polar surface area (TPSA) is 66.9 Å². The highest BCUT2D eigenvalue weighted by Gasteiger charge is 2.00. The van der Waals surface area contributed by atoms with Crippen molar-refractivity contribution in [2.24, 2.45) is 0 Å². The molecule has 0 fully saturated rings. The lowest BCUT2D eigenvalue weighted by Gasteiger charge is -2.04. The minimum atomic E-state index is 0.0293. The normalized spacial score (nSPS) is 9.93. The van der Waals surface area contributed by atoms with Gasteiger partial charge in [-0.25, -0.2) is 0 Å². The Kier molecular flexibility index (Phi) is 5.32. The summed E-state index contributed by atoms with van der Waals surface area (Å²) in [5.74, 6) is 0.0293. The van der Waals surface area contributed by atoms with E-state index in [1.165, 1.54) is 0 Å². The summed E-state index contributed by atoms with van der Waals surface area (Å²) in [6.07, 6.45) is 2.10. The summed E-state index contributed by atoms with van der Waals surface area (Å²) in [6, 6.07) is 3.63. The molecule has 5 nitrogen and oxygen atoms in total. The second-order valence-corrected chi connectivity index (χ2v) is 3.10. The Morgan fingerprint density at radius 1 is 1.53 bits per heavy atom. The fourth-order valence-corrected chi connectivity index (χ4v) is 1.08. The van der Waals surface area contributed by atoms with E-state index >= 15 is 0 Å². The molecule has 0 aliphatic carbocycles. The van der Waals surface area contributed by atoms with E-state index in [1.807, 2.05) is 13.0 Å². The standard InChI is InChI=1S/C10H16N4O/c1-2-11-7-5-10(15)12-8-9-4-3-6-13-14-9/h3-4,6,11H,2,5,7-8H2,1H3,(H,12,15). The molecule has 1 amide bonds. The van der Waals surface area contributed by atoms with Gasteiger partial charge in [0.25, 0.3) is 0 Å². The summed E-state index contributed by atoms with van der Waals surface area (Å²) < 4.78 is 0. The predicted octanol–water partition coefficient (Wildman–Crippen LogP) is 0.0924. The fourth-order valence-electron chi connectivity index (χ4n) is 1.08. The molecule has 15 heavy (non-hydrogen) atoms. The lowest BCUT2D eigenvalue weighted by Crippen LogP contribution is -2.27. The molecule has 0 saturated heterocycles. The second kappa shape index (κ2) is 6.89. The van der Waals surface area contributed by atoms with E-state index in [0.29, 0.717) is 19.5 Å². The van der Waals surface area contributed by atoms with Crippen LogP contribution in [0.1, 0.15) is 19.0 Å². The summed E-state index contributed by atoms with van der Waals surface area (Å²) >= 11 is 0. The van der Waals surface area contributed by atoms with Crippen LogP contribution in [0.3, 0.4) is 0 Å². The quantitative estimate of drug-likeness (QED) is 0.650. The number of rotatable bonds is 6. The van der Waals surface area contributed by atoms with Gasteiger partial charge in [0.2, 0.25) is 5.91 Å². The van der Waals surface area contributed by atoms with Gasteiger partial charge in [0.15, 0.2) is 0 Å². The zero-order chi connectivity index (χ0) is 10.9. The van der Waals surface area contributed by atoms with Gasteiger partial charge in [0.05, 0.1) is 12.2 Å². The maximum absolute atomic E-state index is 11.3. The van der Waals surface area contributed by atoms with Gasteiger partial charge in [-0.1, -0.05) is 6.92 Å². The number of carbonyl (C=O) groups is 1. The summed E-state index contributed by atoms with van der Waals surface area (Å²) in [6.45, 7) is 4.05. The fraction of sp³-hybridized carbons (Fsp3) is 0.500. The number of carbonyl (C=O) groups excluding carboxylic acids is 1. The average molecular weight is 208 g/mol. The van der Waals surface area contributed by atoms with Crippen LogP contribution in [0.2, 0.25) is 0 Å². The maximum atomic E-state index is 11.3. The number of hydrogen-bond donors (Lipinski definition) is 2. The van der Waals surface area contributed by atoms with Gasteiger partial charge in [-0.05, 0) is 18.7 Å². The van der Waals surface area contributed by atoms with Crippen LogP contribution in [0, 0.1) is 0 Å². The summed E-state index contributed by atoms with van der Waals surface area (Å²) in [7, 11) is 0. The molecule has 0 aromatic carbocycles. The van der Waals surface area contributed by atoms with Crippen molar-refractivity contribution in [3.05, 3.63) is 24.0 Å². The maximum Gasteiger partial charge on any atom is 0.221 e. The highest BCUT2D eigenvalue weighted by molar-refractivity contribution is 5.75. The van der Waals surface area contributed by atoms with Gasteiger partial charge in [-0.2, -0.15) is 10.2 Å². The van der Waals surface area contributed by atoms with Crippen molar-refractivity contribution in [1.29, 1.82) is 0 Å². The van der Waals surface area contributed by atoms with Crippen molar-refractivity contribution in [1.82, 2.24) is 20.8 Å². The second-order valence-electron chi connectivity index (χ2n) is 3.10. The Morgan fingerprint density at radius 2 is 2.40 bits per heavy atom. The van der Waals surface area contributed by atoms with Crippen LogP contribution in [-0.2, 0) is 11.3 Å². The van der Waals surface area contributed by atoms with E-state index in [-0.39, 0.29) is 5.91 Å². The van der Waals surface area contributed by atoms with E-state index < -0.39 is 0 Å². The third-order valence-electron chi connectivity index (χ3n) is 1.87. The molecular formula is C10H16N4O. The molecule has 0 aliphatic rings. The van der Waals surface area contributed by atoms with Crippen LogP contribution < -0.4 is 10.6 Å². The Labute approximate surface area is 89.3 Å². The van der Waals surface area contributed by atoms with Gasteiger partial charge in [0.1, 0.15) is 0 Å². The number of amides is 1. The third-order valence-corrected chi connectivity index (χ3v) is 1.87. The van der Waals surface area contributed by atoms with E-state index in [9.17, 15) is 4.79 Å². The van der Waals surface area contributed by atoms with Crippen molar-refractivity contribution in [2.45, 2.75) is 19.9 Å². The first-order valence-corrected chi connectivity index (χ1v) is 5.07. The minimum absolute atomic E-state index is 0.0293. The molecule has 82 valence electrons. The molecule has 1 rings (SSSR count). The van der Waals surface area contributed by atoms with Crippen LogP contribution in [0.4, 0.5) is 0 Å². The van der Waals surface area contributed by atoms with Gasteiger partial charge < -0.3 is 10.6 Å². The lowest BCUT2D eigenvalue weighted by atomic mass is 10.3. The van der Waals surface area contributed by atoms with Gasteiger partial charge in [-0.3, -0.25) is 4.79 Å². The van der Waals surface area contributed by atoms with Crippen LogP contribution in [0.5, 0.6) is 0 Å². The van der Waals surface area contributed by atoms with Crippen LogP contribution in [-0.4, -0.2) is 29.2 Å². The molecule has 1 aromatic heterocycles. The smallest absolute Gasteiger partial charge is 0.221 e. The van der Waals surface area contributed by atoms with Crippen LogP contribution >= 0.6 is 0 Å². The molecule has 5 heteroatoms. The molecular weight excluding hydrogens is 192 g/mol. The average Bonchev–Trinajstić information content (AvgIpc) is 2.28. The lowest BCUT2D eigenvalue weighted by molar-refractivity contribution is -0.121. The van der Waals surface area contributed by atoms with Gasteiger partial charge in [0, 0.05) is 19.2 Å². The molecule has 0 bridgehead atoms. The molecule has 1 aromatic rings. The highest BCUT2D eigenvalue weighted by atomic mass is 16.1. The highest BCUT2D eigenvalue weighted by Crippen LogP contribution is 1.90. The zero-order valence-corrected chi connectivity index (χ0v) is 8.86. The predicted molar refractivity (Wildman–Crippen MR) is 57.0 cm³/mol. The van der Waals surface area contributed by atoms with Crippen molar-refractivity contribution < 1.29 is 4.79 Å². The monoisotopic (exact) mass is 208 g/mol. The van der Waals surface area contributed by atoms with Crippen molar-refractivity contribution in [3.8, 4) is 0 Å². The SMILES string of the molecule is CCNCCC(=O)NCc1cccnn1. The number of nitrogens with one attached hydrogen (secondary N) is 2. The van der Waals surface area contributed by atoms with Gasteiger partial charge in [-0.15, -0.1) is 0 Å². The first-order chi connectivity index (χ1) is 7.33. The Bertz CT molecular complexity index is 289. The minimum Gasteiger partial charge on any atom is -0.350 e. The molecule has 1 heterocycles. The number of nitrogens with zero attached hydrogens (tertiary/aromatic N) is 2. The molecule has 0 radical (unpaired) electrons. The van der Waals surface area contributed by atoms with Crippen LogP contribution in [0.25, 0.3) is 0 Å². The summed E-state index contributed by atoms with van der Waals surface area (Å²) in [4.78, 5) is 11.3. The molecule has 0 unspecified atom stereocenters. The molecule has 0 saturated carbocycles. The molecule has 0 atom stereocenters.